The van der Waals surface area contributed by atoms with Gasteiger partial charge in [-0.2, -0.15) is 4.31 Å². The fraction of sp³-hybridized carbons (Fsp3) is 0.350. The van der Waals surface area contributed by atoms with E-state index in [0.29, 0.717) is 10.7 Å². The van der Waals surface area contributed by atoms with Crippen LogP contribution in [0.1, 0.15) is 29.8 Å². The van der Waals surface area contributed by atoms with Crippen molar-refractivity contribution in [3.05, 3.63) is 57.6 Å². The maximum absolute atomic E-state index is 13.2. The number of nitrogens with one attached hydrogen (secondary N) is 1. The highest BCUT2D eigenvalue weighted by Gasteiger charge is 2.33. The van der Waals surface area contributed by atoms with Gasteiger partial charge >= 0.3 is 0 Å². The van der Waals surface area contributed by atoms with Crippen molar-refractivity contribution in [2.75, 3.05) is 18.4 Å². The number of hydrogen-bond acceptors (Lipinski definition) is 4. The number of anilines is 1. The largest absolute Gasteiger partial charge is 0.373 e. The molecule has 1 heterocycles. The number of hydrogen-bond donors (Lipinski definition) is 1. The Hall–Kier alpha value is -1.64. The van der Waals surface area contributed by atoms with Gasteiger partial charge in [0.1, 0.15) is 4.90 Å². The minimum atomic E-state index is -3.89. The van der Waals surface area contributed by atoms with Crippen LogP contribution in [0, 0.1) is 6.92 Å². The maximum atomic E-state index is 13.2. The van der Waals surface area contributed by atoms with Crippen LogP contribution in [0.25, 0.3) is 0 Å². The molecule has 1 aliphatic heterocycles. The lowest BCUT2D eigenvalue weighted by Gasteiger charge is -2.34. The van der Waals surface area contributed by atoms with Gasteiger partial charge in [-0.15, -0.1) is 0 Å². The Kier molecular flexibility index (Phi) is 6.55. The molecule has 1 saturated heterocycles. The summed E-state index contributed by atoms with van der Waals surface area (Å²) in [5.74, 6) is -0.479. The number of nitrogens with zero attached hydrogens (tertiary/aromatic N) is 1. The number of sulfonamides is 1. The van der Waals surface area contributed by atoms with Crippen molar-refractivity contribution in [3.8, 4) is 0 Å². The quantitative estimate of drug-likeness (QED) is 0.741. The fourth-order valence-corrected chi connectivity index (χ4v) is 5.60. The summed E-state index contributed by atoms with van der Waals surface area (Å²) >= 11 is 12.4. The molecule has 2 aromatic rings. The highest BCUT2D eigenvalue weighted by Crippen LogP contribution is 2.29. The van der Waals surface area contributed by atoms with E-state index >= 15 is 0 Å². The lowest BCUT2D eigenvalue weighted by molar-refractivity contribution is -0.0440. The SMILES string of the molecule is Cc1ccc(NC(=O)c2ccc(Cl)c(S(=O)(=O)N3CC(C)OC(C)C3)c2)c(Cl)c1. The molecule has 156 valence electrons. The minimum Gasteiger partial charge on any atom is -0.373 e. The zero-order valence-electron chi connectivity index (χ0n) is 16.3. The first kappa shape index (κ1) is 22.1. The topological polar surface area (TPSA) is 75.7 Å². The van der Waals surface area contributed by atoms with Gasteiger partial charge in [-0.05, 0) is 56.7 Å². The summed E-state index contributed by atoms with van der Waals surface area (Å²) in [6.45, 7) is 5.96. The van der Waals surface area contributed by atoms with E-state index in [2.05, 4.69) is 5.32 Å². The number of rotatable bonds is 4. The first-order valence-electron chi connectivity index (χ1n) is 9.10. The van der Waals surface area contributed by atoms with Crippen molar-refractivity contribution in [2.45, 2.75) is 37.9 Å². The Morgan fingerprint density at radius 2 is 1.72 bits per heavy atom. The summed E-state index contributed by atoms with van der Waals surface area (Å²) in [6.07, 6.45) is -0.468. The van der Waals surface area contributed by atoms with Gasteiger partial charge in [0.15, 0.2) is 0 Å². The van der Waals surface area contributed by atoms with Crippen LogP contribution in [0.5, 0.6) is 0 Å². The molecule has 0 saturated carbocycles. The van der Waals surface area contributed by atoms with E-state index in [4.69, 9.17) is 27.9 Å². The maximum Gasteiger partial charge on any atom is 0.255 e. The van der Waals surface area contributed by atoms with E-state index in [1.54, 1.807) is 12.1 Å². The molecule has 0 spiro atoms. The molecule has 6 nitrogen and oxygen atoms in total. The molecule has 0 bridgehead atoms. The number of morpholine rings is 1. The Morgan fingerprint density at radius 3 is 2.34 bits per heavy atom. The number of carbonyl (C=O) groups excluding carboxylic acids is 1. The van der Waals surface area contributed by atoms with Crippen molar-refractivity contribution in [1.82, 2.24) is 4.31 Å². The molecule has 9 heteroatoms. The molecule has 1 amide bonds. The van der Waals surface area contributed by atoms with Gasteiger partial charge in [0.25, 0.3) is 5.91 Å². The summed E-state index contributed by atoms with van der Waals surface area (Å²) in [4.78, 5) is 12.6. The molecule has 1 aliphatic rings. The second kappa shape index (κ2) is 8.62. The lowest BCUT2D eigenvalue weighted by atomic mass is 10.2. The van der Waals surface area contributed by atoms with E-state index in [9.17, 15) is 13.2 Å². The molecule has 2 unspecified atom stereocenters. The molecule has 3 rings (SSSR count). The summed E-state index contributed by atoms with van der Waals surface area (Å²) < 4.78 is 33.3. The highest BCUT2D eigenvalue weighted by atomic mass is 35.5. The van der Waals surface area contributed by atoms with Gasteiger partial charge in [0.2, 0.25) is 10.0 Å². The normalized spacial score (nSPS) is 20.4. The first-order chi connectivity index (χ1) is 13.6. The second-order valence-electron chi connectivity index (χ2n) is 7.16. The van der Waals surface area contributed by atoms with E-state index in [1.807, 2.05) is 26.8 Å². The zero-order chi connectivity index (χ0) is 21.3. The Labute approximate surface area is 180 Å². The van der Waals surface area contributed by atoms with Gasteiger partial charge in [-0.25, -0.2) is 8.42 Å². The second-order valence-corrected chi connectivity index (χ2v) is 9.88. The molecule has 0 aromatic heterocycles. The molecule has 1 fully saturated rings. The van der Waals surface area contributed by atoms with Crippen LogP contribution in [-0.4, -0.2) is 43.9 Å². The molecular formula is C20H22Cl2N2O4S. The molecule has 1 N–H and O–H groups in total. The van der Waals surface area contributed by atoms with Gasteiger partial charge in [-0.3, -0.25) is 4.79 Å². The molecule has 0 aliphatic carbocycles. The number of benzene rings is 2. The zero-order valence-corrected chi connectivity index (χ0v) is 18.6. The monoisotopic (exact) mass is 456 g/mol. The third-order valence-corrected chi connectivity index (χ3v) is 7.20. The average molecular weight is 457 g/mol. The first-order valence-corrected chi connectivity index (χ1v) is 11.3. The van der Waals surface area contributed by atoms with Gasteiger partial charge in [0.05, 0.1) is 27.9 Å². The number of amides is 1. The predicted molar refractivity (Wildman–Crippen MR) is 114 cm³/mol. The van der Waals surface area contributed by atoms with Gasteiger partial charge < -0.3 is 10.1 Å². The van der Waals surface area contributed by atoms with E-state index in [0.717, 1.165) is 5.56 Å². The van der Waals surface area contributed by atoms with Gasteiger partial charge in [0, 0.05) is 18.7 Å². The van der Waals surface area contributed by atoms with Crippen LogP contribution in [-0.2, 0) is 14.8 Å². The lowest BCUT2D eigenvalue weighted by Crippen LogP contribution is -2.48. The third kappa shape index (κ3) is 4.92. The third-order valence-electron chi connectivity index (χ3n) is 4.57. The smallest absolute Gasteiger partial charge is 0.255 e. The molecule has 0 radical (unpaired) electrons. The van der Waals surface area contributed by atoms with Crippen molar-refractivity contribution < 1.29 is 17.9 Å². The van der Waals surface area contributed by atoms with Crippen LogP contribution < -0.4 is 5.32 Å². The van der Waals surface area contributed by atoms with Crippen LogP contribution in [0.3, 0.4) is 0 Å². The molecular weight excluding hydrogens is 435 g/mol. The fourth-order valence-electron chi connectivity index (χ4n) is 3.22. The van der Waals surface area contributed by atoms with Crippen LogP contribution in [0.4, 0.5) is 5.69 Å². The highest BCUT2D eigenvalue weighted by molar-refractivity contribution is 7.89. The minimum absolute atomic E-state index is 0.0571. The number of ether oxygens (including phenoxy) is 1. The van der Waals surface area contributed by atoms with Gasteiger partial charge in [-0.1, -0.05) is 29.3 Å². The van der Waals surface area contributed by atoms with Crippen LogP contribution in [0.2, 0.25) is 10.0 Å². The summed E-state index contributed by atoms with van der Waals surface area (Å²) in [5.41, 5.74) is 1.57. The Bertz CT molecular complexity index is 1030. The Morgan fingerprint density at radius 1 is 1.07 bits per heavy atom. The average Bonchev–Trinajstić information content (AvgIpc) is 2.63. The van der Waals surface area contributed by atoms with Crippen LogP contribution in [0.15, 0.2) is 41.3 Å². The standard InChI is InChI=1S/C20H22Cl2N2O4S/c1-12-4-7-18(17(22)8-12)23-20(25)15-5-6-16(21)19(9-15)29(26,27)24-10-13(2)28-14(3)11-24/h4-9,13-14H,10-11H2,1-3H3,(H,23,25). The number of halogens is 2. The predicted octanol–water partition coefficient (Wildman–Crippen LogP) is 4.35. The van der Waals surface area contributed by atoms with Crippen molar-refractivity contribution >= 4 is 44.8 Å². The summed E-state index contributed by atoms with van der Waals surface area (Å²) in [5, 5.41) is 3.16. The van der Waals surface area contributed by atoms with E-state index in [1.165, 1.54) is 22.5 Å². The molecule has 2 aromatic carbocycles. The van der Waals surface area contributed by atoms with E-state index in [-0.39, 0.29) is 40.8 Å². The number of carbonyl (C=O) groups is 1. The van der Waals surface area contributed by atoms with Crippen molar-refractivity contribution in [2.24, 2.45) is 0 Å². The van der Waals surface area contributed by atoms with Crippen molar-refractivity contribution in [1.29, 1.82) is 0 Å². The van der Waals surface area contributed by atoms with Crippen LogP contribution >= 0.6 is 23.2 Å². The Balaban J connectivity index is 1.90. The molecule has 2 atom stereocenters. The van der Waals surface area contributed by atoms with E-state index < -0.39 is 15.9 Å². The molecule has 29 heavy (non-hydrogen) atoms. The summed E-state index contributed by atoms with van der Waals surface area (Å²) in [6, 6.07) is 9.42. The number of aryl methyl sites for hydroxylation is 1. The summed E-state index contributed by atoms with van der Waals surface area (Å²) in [7, 11) is -3.89. The van der Waals surface area contributed by atoms with Crippen molar-refractivity contribution in [3.63, 3.8) is 0 Å².